The Hall–Kier alpha value is -0.710. The Labute approximate surface area is 73.1 Å². The van der Waals surface area contributed by atoms with Gasteiger partial charge in [-0.2, -0.15) is 0 Å². The lowest BCUT2D eigenvalue weighted by molar-refractivity contribution is 0.564. The van der Waals surface area contributed by atoms with Gasteiger partial charge in [-0.05, 0) is 17.7 Å². The van der Waals surface area contributed by atoms with Crippen molar-refractivity contribution in [2.45, 2.75) is 10.9 Å². The first-order chi connectivity index (χ1) is 5.77. The van der Waals surface area contributed by atoms with E-state index in [9.17, 15) is 4.21 Å². The molecule has 1 aromatic carbocycles. The number of hydrogen-bond donors (Lipinski definition) is 2. The van der Waals surface area contributed by atoms with Gasteiger partial charge in [0.2, 0.25) is 0 Å². The van der Waals surface area contributed by atoms with Crippen molar-refractivity contribution in [1.82, 2.24) is 5.32 Å². The highest BCUT2D eigenvalue weighted by atomic mass is 32.2. The summed E-state index contributed by atoms with van der Waals surface area (Å²) in [4.78, 5) is 0.458. The fourth-order valence-electron chi connectivity index (χ4n) is 1.11. The Bertz CT molecular complexity index is 305. The maximum absolute atomic E-state index is 10.6. The van der Waals surface area contributed by atoms with Crippen LogP contribution in [0.1, 0.15) is 11.6 Å². The zero-order chi connectivity index (χ0) is 8.55. The molecule has 0 aliphatic carbocycles. The third-order valence-corrected chi connectivity index (χ3v) is 2.57. The highest BCUT2D eigenvalue weighted by molar-refractivity contribution is 7.79. The van der Waals surface area contributed by atoms with Gasteiger partial charge < -0.3 is 9.87 Å². The molecule has 4 heteroatoms. The minimum atomic E-state index is -1.85. The SMILES string of the molecule is O=S(O)c1ccc(C2CN2)cc1. The van der Waals surface area contributed by atoms with Crippen LogP contribution in [0.4, 0.5) is 0 Å². The minimum Gasteiger partial charge on any atom is -0.307 e. The van der Waals surface area contributed by atoms with Gasteiger partial charge >= 0.3 is 0 Å². The molecule has 0 spiro atoms. The van der Waals surface area contributed by atoms with Crippen LogP contribution in [0.3, 0.4) is 0 Å². The summed E-state index contributed by atoms with van der Waals surface area (Å²) in [6, 6.07) is 7.60. The topological polar surface area (TPSA) is 59.2 Å². The summed E-state index contributed by atoms with van der Waals surface area (Å²) in [5.41, 5.74) is 1.18. The highest BCUT2D eigenvalue weighted by Gasteiger charge is 2.21. The molecule has 3 nitrogen and oxygen atoms in total. The fraction of sp³-hybridized carbons (Fsp3) is 0.250. The van der Waals surface area contributed by atoms with Gasteiger partial charge in [0.1, 0.15) is 0 Å². The largest absolute Gasteiger partial charge is 0.307 e. The van der Waals surface area contributed by atoms with Crippen molar-refractivity contribution in [1.29, 1.82) is 0 Å². The van der Waals surface area contributed by atoms with Gasteiger partial charge in [-0.25, -0.2) is 4.21 Å². The third-order valence-electron chi connectivity index (χ3n) is 1.89. The van der Waals surface area contributed by atoms with Crippen LogP contribution in [0, 0.1) is 0 Å². The van der Waals surface area contributed by atoms with Crippen molar-refractivity contribution in [3.05, 3.63) is 29.8 Å². The molecule has 1 fully saturated rings. The maximum Gasteiger partial charge on any atom is 0.186 e. The van der Waals surface area contributed by atoms with Gasteiger partial charge in [-0.15, -0.1) is 0 Å². The number of hydrogen-bond acceptors (Lipinski definition) is 2. The standard InChI is InChI=1S/C8H9NO2S/c10-12(11)7-3-1-6(2-4-7)8-5-9-8/h1-4,8-9H,5H2,(H,10,11). The van der Waals surface area contributed by atoms with E-state index in [0.717, 1.165) is 6.54 Å². The van der Waals surface area contributed by atoms with Gasteiger partial charge in [-0.1, -0.05) is 12.1 Å². The van der Waals surface area contributed by atoms with Crippen molar-refractivity contribution in [2.24, 2.45) is 0 Å². The molecular weight excluding hydrogens is 174 g/mol. The monoisotopic (exact) mass is 183 g/mol. The normalized spacial score (nSPS) is 23.6. The number of rotatable bonds is 2. The van der Waals surface area contributed by atoms with E-state index in [1.807, 2.05) is 12.1 Å². The minimum absolute atomic E-state index is 0.458. The third kappa shape index (κ3) is 1.55. The Morgan fingerprint density at radius 2 is 2.00 bits per heavy atom. The van der Waals surface area contributed by atoms with Crippen LogP contribution in [-0.4, -0.2) is 15.3 Å². The summed E-state index contributed by atoms with van der Waals surface area (Å²) in [6.07, 6.45) is 0. The Morgan fingerprint density at radius 1 is 1.42 bits per heavy atom. The van der Waals surface area contributed by atoms with E-state index in [0.29, 0.717) is 10.9 Å². The van der Waals surface area contributed by atoms with E-state index >= 15 is 0 Å². The molecule has 1 aliphatic rings. The lowest BCUT2D eigenvalue weighted by Crippen LogP contribution is -1.89. The van der Waals surface area contributed by atoms with Crippen LogP contribution < -0.4 is 5.32 Å². The Kier molecular flexibility index (Phi) is 1.96. The first kappa shape index (κ1) is 7.91. The van der Waals surface area contributed by atoms with Gasteiger partial charge in [0.25, 0.3) is 0 Å². The molecule has 64 valence electrons. The van der Waals surface area contributed by atoms with E-state index in [1.54, 1.807) is 12.1 Å². The molecule has 0 saturated carbocycles. The summed E-state index contributed by atoms with van der Waals surface area (Å²) >= 11 is -1.85. The Morgan fingerprint density at radius 3 is 2.42 bits per heavy atom. The van der Waals surface area contributed by atoms with Crippen LogP contribution >= 0.6 is 0 Å². The van der Waals surface area contributed by atoms with Crippen molar-refractivity contribution in [3.63, 3.8) is 0 Å². The predicted octanol–water partition coefficient (Wildman–Crippen LogP) is 0.912. The molecule has 1 aromatic rings. The van der Waals surface area contributed by atoms with E-state index in [1.165, 1.54) is 5.56 Å². The predicted molar refractivity (Wildman–Crippen MR) is 46.2 cm³/mol. The maximum atomic E-state index is 10.6. The lowest BCUT2D eigenvalue weighted by atomic mass is 10.2. The van der Waals surface area contributed by atoms with Gasteiger partial charge in [0.15, 0.2) is 11.1 Å². The van der Waals surface area contributed by atoms with Crippen LogP contribution in [-0.2, 0) is 11.1 Å². The summed E-state index contributed by atoms with van der Waals surface area (Å²) in [5.74, 6) is 0. The van der Waals surface area contributed by atoms with Gasteiger partial charge in [0, 0.05) is 12.6 Å². The second kappa shape index (κ2) is 2.97. The molecule has 2 unspecified atom stereocenters. The van der Waals surface area contributed by atoms with E-state index in [-0.39, 0.29) is 0 Å². The first-order valence-electron chi connectivity index (χ1n) is 3.71. The average Bonchev–Trinajstić information content (AvgIpc) is 2.87. The van der Waals surface area contributed by atoms with Crippen molar-refractivity contribution in [3.8, 4) is 0 Å². The first-order valence-corrected chi connectivity index (χ1v) is 4.82. The molecule has 2 rings (SSSR count). The zero-order valence-electron chi connectivity index (χ0n) is 6.36. The molecule has 0 aromatic heterocycles. The molecule has 1 heterocycles. The zero-order valence-corrected chi connectivity index (χ0v) is 7.17. The van der Waals surface area contributed by atoms with Gasteiger partial charge in [0.05, 0.1) is 4.90 Å². The highest BCUT2D eigenvalue weighted by Crippen LogP contribution is 2.21. The van der Waals surface area contributed by atoms with Crippen LogP contribution in [0.25, 0.3) is 0 Å². The van der Waals surface area contributed by atoms with Crippen molar-refractivity contribution >= 4 is 11.1 Å². The second-order valence-corrected chi connectivity index (χ2v) is 3.75. The molecular formula is C8H9NO2S. The van der Waals surface area contributed by atoms with Crippen LogP contribution in [0.5, 0.6) is 0 Å². The molecule has 0 bridgehead atoms. The molecule has 12 heavy (non-hydrogen) atoms. The summed E-state index contributed by atoms with van der Waals surface area (Å²) in [5, 5.41) is 3.16. The Balaban J connectivity index is 2.24. The molecule has 1 aliphatic heterocycles. The van der Waals surface area contributed by atoms with E-state index in [4.69, 9.17) is 4.55 Å². The van der Waals surface area contributed by atoms with E-state index in [2.05, 4.69) is 5.32 Å². The quantitative estimate of drug-likeness (QED) is 0.529. The fourth-order valence-corrected chi connectivity index (χ4v) is 1.48. The second-order valence-electron chi connectivity index (χ2n) is 2.78. The van der Waals surface area contributed by atoms with Crippen LogP contribution in [0.2, 0.25) is 0 Å². The van der Waals surface area contributed by atoms with E-state index < -0.39 is 11.1 Å². The van der Waals surface area contributed by atoms with Crippen molar-refractivity contribution < 1.29 is 8.76 Å². The van der Waals surface area contributed by atoms with Crippen LogP contribution in [0.15, 0.2) is 29.2 Å². The van der Waals surface area contributed by atoms with Crippen molar-refractivity contribution in [2.75, 3.05) is 6.54 Å². The molecule has 0 radical (unpaired) electrons. The molecule has 2 atom stereocenters. The summed E-state index contributed by atoms with van der Waals surface area (Å²) in [6.45, 7) is 1.02. The smallest absolute Gasteiger partial charge is 0.186 e. The number of benzene rings is 1. The lowest BCUT2D eigenvalue weighted by Gasteiger charge is -1.97. The average molecular weight is 183 g/mol. The molecule has 1 saturated heterocycles. The summed E-state index contributed by atoms with van der Waals surface area (Å²) in [7, 11) is 0. The molecule has 0 amide bonds. The summed E-state index contributed by atoms with van der Waals surface area (Å²) < 4.78 is 19.3. The molecule has 2 N–H and O–H groups in total. The van der Waals surface area contributed by atoms with Gasteiger partial charge in [-0.3, -0.25) is 0 Å². The number of nitrogens with one attached hydrogen (secondary N) is 1.